The maximum Gasteiger partial charge on any atom is 0.319 e. The number of H-pyrrole nitrogens is 1. The van der Waals surface area contributed by atoms with E-state index in [0.29, 0.717) is 36.9 Å². The summed E-state index contributed by atoms with van der Waals surface area (Å²) in [7, 11) is 2.10. The Kier molecular flexibility index (Phi) is 6.12. The Balaban J connectivity index is 1.34. The van der Waals surface area contributed by atoms with Gasteiger partial charge >= 0.3 is 6.01 Å². The van der Waals surface area contributed by atoms with Crippen molar-refractivity contribution in [3.05, 3.63) is 35.7 Å². The zero-order valence-electron chi connectivity index (χ0n) is 23.0. The molecule has 0 radical (unpaired) electrons. The summed E-state index contributed by atoms with van der Waals surface area (Å²) in [6, 6.07) is 4.61. The minimum atomic E-state index is -2.46. The third kappa shape index (κ3) is 4.17. The Morgan fingerprint density at radius 1 is 1.15 bits per heavy atom. The van der Waals surface area contributed by atoms with E-state index in [9.17, 15) is 8.78 Å². The summed E-state index contributed by atoms with van der Waals surface area (Å²) in [4.78, 5) is 18.8. The predicted molar refractivity (Wildman–Crippen MR) is 150 cm³/mol. The summed E-state index contributed by atoms with van der Waals surface area (Å²) in [6.07, 6.45) is 4.50. The minimum Gasteiger partial charge on any atom is -0.462 e. The van der Waals surface area contributed by atoms with Gasteiger partial charge in [0.25, 0.3) is 6.43 Å². The van der Waals surface area contributed by atoms with Gasteiger partial charge in [-0.2, -0.15) is 15.1 Å². The summed E-state index contributed by atoms with van der Waals surface area (Å²) < 4.78 is 34.7. The molecule has 3 unspecified atom stereocenters. The van der Waals surface area contributed by atoms with E-state index in [4.69, 9.17) is 19.7 Å². The molecule has 3 aliphatic heterocycles. The van der Waals surface area contributed by atoms with Crippen molar-refractivity contribution in [2.75, 3.05) is 38.2 Å². The fourth-order valence-electron chi connectivity index (χ4n) is 6.77. The van der Waals surface area contributed by atoms with Gasteiger partial charge in [0.1, 0.15) is 12.4 Å². The number of aromatic amines is 1. The van der Waals surface area contributed by atoms with Crippen LogP contribution in [0.4, 0.5) is 14.6 Å². The smallest absolute Gasteiger partial charge is 0.319 e. The fraction of sp³-hybridized carbons (Fsp3) is 0.517. The van der Waals surface area contributed by atoms with Crippen molar-refractivity contribution in [2.24, 2.45) is 0 Å². The molecule has 0 amide bonds. The lowest BCUT2D eigenvalue weighted by Crippen LogP contribution is -2.63. The molecule has 3 aliphatic rings. The second-order valence-corrected chi connectivity index (χ2v) is 11.7. The second kappa shape index (κ2) is 9.59. The third-order valence-electron chi connectivity index (χ3n) is 9.20. The van der Waals surface area contributed by atoms with Gasteiger partial charge in [-0.05, 0) is 76.4 Å². The molecule has 2 N–H and O–H groups in total. The molecule has 0 spiro atoms. The van der Waals surface area contributed by atoms with Crippen LogP contribution in [0.25, 0.3) is 33.1 Å². The average Bonchev–Trinajstić information content (AvgIpc) is 3.66. The van der Waals surface area contributed by atoms with E-state index in [1.807, 2.05) is 17.2 Å². The summed E-state index contributed by atoms with van der Waals surface area (Å²) >= 11 is 0. The second-order valence-electron chi connectivity index (χ2n) is 11.7. The van der Waals surface area contributed by atoms with Gasteiger partial charge in [0.05, 0.1) is 33.8 Å². The van der Waals surface area contributed by atoms with Gasteiger partial charge < -0.3 is 19.9 Å². The predicted octanol–water partition coefficient (Wildman–Crippen LogP) is 4.23. The molecule has 6 heterocycles. The number of anilines is 1. The number of alkyl halides is 2. The highest BCUT2D eigenvalue weighted by Crippen LogP contribution is 2.39. The van der Waals surface area contributed by atoms with Crippen molar-refractivity contribution in [3.8, 4) is 17.3 Å². The molecule has 0 aliphatic carbocycles. The number of pyridine rings is 1. The van der Waals surface area contributed by atoms with E-state index < -0.39 is 12.0 Å². The Labute approximate surface area is 231 Å². The van der Waals surface area contributed by atoms with Crippen LogP contribution in [0.1, 0.15) is 36.8 Å². The normalized spacial score (nSPS) is 25.1. The van der Waals surface area contributed by atoms with E-state index in [0.717, 1.165) is 64.5 Å². The number of likely N-dealkylation sites (tertiary alicyclic amines) is 1. The van der Waals surface area contributed by atoms with E-state index in [2.05, 4.69) is 47.4 Å². The number of rotatable bonds is 6. The molecule has 9 nitrogen and oxygen atoms in total. The molecule has 3 aromatic heterocycles. The quantitative estimate of drug-likeness (QED) is 0.370. The minimum absolute atomic E-state index is 0.0131. The monoisotopic (exact) mass is 548 g/mol. The SMILES string of the molecule is Cc1cc2[nH]ncc2c(-c2cc3nc(OCC4CCCN4C)nc(N4CC5CCC(C(F)F)(C4)N5)c3cn2)c1C. The number of likely N-dealkylation sites (N-methyl/N-ethyl adjacent to an activating group) is 1. The van der Waals surface area contributed by atoms with Crippen LogP contribution in [0.15, 0.2) is 24.5 Å². The lowest BCUT2D eigenvalue weighted by atomic mass is 9.96. The van der Waals surface area contributed by atoms with Gasteiger partial charge in [0.2, 0.25) is 0 Å². The van der Waals surface area contributed by atoms with Crippen LogP contribution in [0.5, 0.6) is 6.01 Å². The van der Waals surface area contributed by atoms with Crippen molar-refractivity contribution in [1.29, 1.82) is 0 Å². The van der Waals surface area contributed by atoms with Crippen LogP contribution >= 0.6 is 0 Å². The number of hydrogen-bond acceptors (Lipinski definition) is 8. The van der Waals surface area contributed by atoms with Gasteiger partial charge in [-0.25, -0.2) is 8.78 Å². The Morgan fingerprint density at radius 3 is 2.83 bits per heavy atom. The van der Waals surface area contributed by atoms with Gasteiger partial charge in [-0.15, -0.1) is 0 Å². The van der Waals surface area contributed by atoms with Crippen LogP contribution in [-0.2, 0) is 0 Å². The van der Waals surface area contributed by atoms with E-state index in [-0.39, 0.29) is 18.6 Å². The maximum absolute atomic E-state index is 14.3. The molecule has 210 valence electrons. The van der Waals surface area contributed by atoms with Crippen molar-refractivity contribution in [1.82, 2.24) is 35.4 Å². The maximum atomic E-state index is 14.3. The molecule has 3 fully saturated rings. The number of ether oxygens (including phenoxy) is 1. The van der Waals surface area contributed by atoms with Crippen molar-refractivity contribution in [2.45, 2.75) is 63.6 Å². The number of piperazine rings is 1. The highest BCUT2D eigenvalue weighted by atomic mass is 19.3. The van der Waals surface area contributed by atoms with Crippen LogP contribution in [0.2, 0.25) is 0 Å². The number of aromatic nitrogens is 5. The van der Waals surface area contributed by atoms with E-state index in [1.165, 1.54) is 0 Å². The average molecular weight is 549 g/mol. The molecule has 1 aromatic carbocycles. The van der Waals surface area contributed by atoms with Gasteiger partial charge in [-0.3, -0.25) is 10.1 Å². The summed E-state index contributed by atoms with van der Waals surface area (Å²) in [5, 5.41) is 12.2. The highest BCUT2D eigenvalue weighted by Gasteiger charge is 2.51. The topological polar surface area (TPSA) is 95.1 Å². The van der Waals surface area contributed by atoms with Crippen LogP contribution in [-0.4, -0.2) is 87.4 Å². The molecule has 0 saturated carbocycles. The van der Waals surface area contributed by atoms with Gasteiger partial charge in [0, 0.05) is 42.3 Å². The van der Waals surface area contributed by atoms with E-state index >= 15 is 0 Å². The Bertz CT molecular complexity index is 1590. The zero-order valence-corrected chi connectivity index (χ0v) is 23.0. The van der Waals surface area contributed by atoms with Crippen molar-refractivity contribution >= 4 is 27.6 Å². The molecular weight excluding hydrogens is 514 g/mol. The first kappa shape index (κ1) is 25.5. The van der Waals surface area contributed by atoms with Crippen LogP contribution in [0.3, 0.4) is 0 Å². The molecule has 40 heavy (non-hydrogen) atoms. The number of halogens is 2. The number of aryl methyl sites for hydroxylation is 1. The van der Waals surface area contributed by atoms with Crippen LogP contribution < -0.4 is 15.0 Å². The fourth-order valence-corrected chi connectivity index (χ4v) is 6.77. The zero-order chi connectivity index (χ0) is 27.6. The molecule has 7 rings (SSSR count). The molecule has 4 aromatic rings. The van der Waals surface area contributed by atoms with Crippen molar-refractivity contribution in [3.63, 3.8) is 0 Å². The first-order chi connectivity index (χ1) is 19.3. The largest absolute Gasteiger partial charge is 0.462 e. The molecule has 3 atom stereocenters. The lowest BCUT2D eigenvalue weighted by Gasteiger charge is -2.41. The standard InChI is InChI=1S/C29H34F2N8O/c1-16-9-23-20(12-33-37-23)25(17(16)2)24-10-22-21(11-32-24)26(35-28(34-22)40-14-19-5-4-8-38(19)3)39-13-18-6-7-29(15-39,36-18)27(30)31/h9-12,18-19,27,36H,4-8,13-15H2,1-3H3,(H,33,37). The first-order valence-electron chi connectivity index (χ1n) is 14.1. The van der Waals surface area contributed by atoms with Crippen molar-refractivity contribution < 1.29 is 13.5 Å². The first-order valence-corrected chi connectivity index (χ1v) is 14.1. The van der Waals surface area contributed by atoms with Gasteiger partial charge in [0.15, 0.2) is 0 Å². The summed E-state index contributed by atoms with van der Waals surface area (Å²) in [6.45, 7) is 6.46. The molecular formula is C29H34F2N8O. The molecule has 3 saturated heterocycles. The summed E-state index contributed by atoms with van der Waals surface area (Å²) in [5.74, 6) is 0.603. The number of hydrogen-bond donors (Lipinski definition) is 2. The van der Waals surface area contributed by atoms with E-state index in [1.54, 1.807) is 6.20 Å². The number of nitrogens with zero attached hydrogens (tertiary/aromatic N) is 6. The number of fused-ring (bicyclic) bond motifs is 4. The third-order valence-corrected chi connectivity index (χ3v) is 9.20. The summed E-state index contributed by atoms with van der Waals surface area (Å²) in [5.41, 5.74) is 4.42. The highest BCUT2D eigenvalue weighted by molar-refractivity contribution is 5.99. The lowest BCUT2D eigenvalue weighted by molar-refractivity contribution is 0.0367. The number of nitrogens with one attached hydrogen (secondary N) is 2. The van der Waals surface area contributed by atoms with Crippen LogP contribution in [0, 0.1) is 13.8 Å². The molecule has 11 heteroatoms. The Hall–Kier alpha value is -3.44. The van der Waals surface area contributed by atoms with Gasteiger partial charge in [-0.1, -0.05) is 0 Å². The Morgan fingerprint density at radius 2 is 2.02 bits per heavy atom. The molecule has 2 bridgehead atoms. The number of benzene rings is 1.